The van der Waals surface area contributed by atoms with Crippen LogP contribution in [0.15, 0.2) is 18.2 Å². The molecule has 2 N–H and O–H groups in total. The van der Waals surface area contributed by atoms with Gasteiger partial charge in [-0.25, -0.2) is 4.79 Å². The zero-order valence-corrected chi connectivity index (χ0v) is 16.3. The predicted octanol–water partition coefficient (Wildman–Crippen LogP) is 2.85. The summed E-state index contributed by atoms with van der Waals surface area (Å²) in [4.78, 5) is 25.6. The molecule has 1 saturated heterocycles. The Balaban J connectivity index is 1.98. The number of aliphatic hydroxyl groups is 1. The predicted molar refractivity (Wildman–Crippen MR) is 99.8 cm³/mol. The molecule has 1 unspecified atom stereocenters. The minimum atomic E-state index is -0.733. The van der Waals surface area contributed by atoms with Gasteiger partial charge in [0, 0.05) is 19.5 Å². The van der Waals surface area contributed by atoms with Crippen LogP contribution in [0.25, 0.3) is 0 Å². The molecule has 6 nitrogen and oxygen atoms in total. The highest BCUT2D eigenvalue weighted by Gasteiger charge is 2.36. The summed E-state index contributed by atoms with van der Waals surface area (Å²) in [5.41, 5.74) is 2.44. The van der Waals surface area contributed by atoms with Crippen LogP contribution in [0, 0.1) is 13.8 Å². The van der Waals surface area contributed by atoms with Gasteiger partial charge in [0.05, 0.1) is 12.1 Å². The van der Waals surface area contributed by atoms with Gasteiger partial charge in [-0.15, -0.1) is 0 Å². The van der Waals surface area contributed by atoms with Crippen LogP contribution in [0.4, 0.5) is 4.79 Å². The number of rotatable bonds is 5. The molecule has 0 bridgehead atoms. The molecule has 1 aliphatic heterocycles. The third-order valence-electron chi connectivity index (χ3n) is 4.50. The van der Waals surface area contributed by atoms with Crippen LogP contribution in [-0.2, 0) is 9.53 Å². The molecule has 2 rings (SSSR count). The number of nitrogens with zero attached hydrogens (tertiary/aromatic N) is 1. The van der Waals surface area contributed by atoms with E-state index in [2.05, 4.69) is 5.32 Å². The van der Waals surface area contributed by atoms with Crippen LogP contribution >= 0.6 is 0 Å². The molecule has 1 fully saturated rings. The number of alkyl carbamates (subject to hydrolysis) is 1. The normalized spacial score (nSPS) is 18.8. The highest BCUT2D eigenvalue weighted by molar-refractivity contribution is 5.79. The van der Waals surface area contributed by atoms with Crippen molar-refractivity contribution >= 4 is 12.0 Å². The molecule has 6 heteroatoms. The average Bonchev–Trinajstić information content (AvgIpc) is 2.86. The van der Waals surface area contributed by atoms with Crippen molar-refractivity contribution in [3.63, 3.8) is 0 Å². The van der Waals surface area contributed by atoms with Gasteiger partial charge in [-0.05, 0) is 52.2 Å². The second-order valence-corrected chi connectivity index (χ2v) is 7.93. The number of carbonyl (C=O) groups is 2. The Bertz CT molecular complexity index is 666. The number of carbonyl (C=O) groups excluding carboxylic acids is 2. The highest BCUT2D eigenvalue weighted by Crippen LogP contribution is 2.31. The number of likely N-dealkylation sites (tertiary alicyclic amines) is 1. The molecule has 0 aliphatic carbocycles. The maximum Gasteiger partial charge on any atom is 0.407 e. The maximum absolute atomic E-state index is 12.2. The van der Waals surface area contributed by atoms with Gasteiger partial charge in [-0.1, -0.05) is 23.8 Å². The Labute approximate surface area is 155 Å². The highest BCUT2D eigenvalue weighted by atomic mass is 16.6. The number of aliphatic hydroxyl groups excluding tert-OH is 1. The monoisotopic (exact) mass is 362 g/mol. The lowest BCUT2D eigenvalue weighted by atomic mass is 9.95. The van der Waals surface area contributed by atoms with Gasteiger partial charge in [0.15, 0.2) is 0 Å². The smallest absolute Gasteiger partial charge is 0.407 e. The van der Waals surface area contributed by atoms with E-state index in [0.29, 0.717) is 19.4 Å². The largest absolute Gasteiger partial charge is 0.444 e. The van der Waals surface area contributed by atoms with E-state index in [1.54, 1.807) is 25.7 Å². The van der Waals surface area contributed by atoms with Crippen molar-refractivity contribution in [1.82, 2.24) is 10.2 Å². The number of hydrogen-bond acceptors (Lipinski definition) is 4. The molecule has 2 atom stereocenters. The standard InChI is InChI=1S/C20H30N2O4/c1-13-6-7-15(14(2)12-13)18(24)16-8-9-17(23)22(16)11-10-21-19(25)26-20(3,4)5/h6-7,12,16,18,24H,8-11H2,1-5H3,(H,21,25)/t16-,18?/m0/s1. The molecule has 144 valence electrons. The van der Waals surface area contributed by atoms with E-state index in [9.17, 15) is 14.7 Å². The summed E-state index contributed by atoms with van der Waals surface area (Å²) in [6.45, 7) is 10.0. The molecule has 26 heavy (non-hydrogen) atoms. The second kappa shape index (κ2) is 8.08. The van der Waals surface area contributed by atoms with E-state index in [1.807, 2.05) is 32.0 Å². The summed E-state index contributed by atoms with van der Waals surface area (Å²) < 4.78 is 5.20. The fraction of sp³-hybridized carbons (Fsp3) is 0.600. The van der Waals surface area contributed by atoms with E-state index >= 15 is 0 Å². The zero-order chi connectivity index (χ0) is 19.5. The molecule has 0 radical (unpaired) electrons. The maximum atomic E-state index is 12.2. The topological polar surface area (TPSA) is 78.9 Å². The van der Waals surface area contributed by atoms with Crippen molar-refractivity contribution in [1.29, 1.82) is 0 Å². The van der Waals surface area contributed by atoms with Gasteiger partial charge in [-0.3, -0.25) is 4.79 Å². The Kier molecular flexibility index (Phi) is 6.29. The van der Waals surface area contributed by atoms with E-state index in [1.165, 1.54) is 0 Å². The second-order valence-electron chi connectivity index (χ2n) is 7.93. The molecule has 1 aliphatic rings. The molecule has 0 saturated carbocycles. The Morgan fingerprint density at radius 2 is 2.08 bits per heavy atom. The molecule has 1 aromatic rings. The lowest BCUT2D eigenvalue weighted by Crippen LogP contribution is -2.43. The van der Waals surface area contributed by atoms with Crippen LogP contribution in [0.2, 0.25) is 0 Å². The quantitative estimate of drug-likeness (QED) is 0.844. The summed E-state index contributed by atoms with van der Waals surface area (Å²) >= 11 is 0. The van der Waals surface area contributed by atoms with Gasteiger partial charge in [-0.2, -0.15) is 0 Å². The van der Waals surface area contributed by atoms with Crippen LogP contribution in [0.1, 0.15) is 56.4 Å². The lowest BCUT2D eigenvalue weighted by Gasteiger charge is -2.30. The van der Waals surface area contributed by atoms with Crippen molar-refractivity contribution in [2.45, 2.75) is 65.2 Å². The molecular weight excluding hydrogens is 332 g/mol. The van der Waals surface area contributed by atoms with Crippen molar-refractivity contribution in [2.24, 2.45) is 0 Å². The van der Waals surface area contributed by atoms with Crippen molar-refractivity contribution < 1.29 is 19.4 Å². The third-order valence-corrected chi connectivity index (χ3v) is 4.50. The van der Waals surface area contributed by atoms with Gasteiger partial charge in [0.25, 0.3) is 0 Å². The molecule has 1 aromatic carbocycles. The number of benzene rings is 1. The van der Waals surface area contributed by atoms with Crippen LogP contribution in [-0.4, -0.2) is 46.7 Å². The van der Waals surface area contributed by atoms with Crippen molar-refractivity contribution in [3.05, 3.63) is 34.9 Å². The first-order chi connectivity index (χ1) is 12.1. The minimum Gasteiger partial charge on any atom is -0.444 e. The molecule has 2 amide bonds. The SMILES string of the molecule is Cc1ccc(C(O)[C@@H]2CCC(=O)N2CCNC(=O)OC(C)(C)C)c(C)c1. The van der Waals surface area contributed by atoms with E-state index in [4.69, 9.17) is 4.74 Å². The molecule has 1 heterocycles. The Morgan fingerprint density at radius 1 is 1.38 bits per heavy atom. The Hall–Kier alpha value is -2.08. The van der Waals surface area contributed by atoms with Gasteiger partial charge in [0.1, 0.15) is 5.60 Å². The lowest BCUT2D eigenvalue weighted by molar-refractivity contribution is -0.130. The first-order valence-electron chi connectivity index (χ1n) is 9.10. The van der Waals surface area contributed by atoms with Crippen LogP contribution in [0.5, 0.6) is 0 Å². The summed E-state index contributed by atoms with van der Waals surface area (Å²) in [7, 11) is 0. The Morgan fingerprint density at radius 3 is 2.69 bits per heavy atom. The summed E-state index contributed by atoms with van der Waals surface area (Å²) in [6.07, 6.45) is -0.210. The average molecular weight is 362 g/mol. The minimum absolute atomic E-state index is 0.00445. The fourth-order valence-electron chi connectivity index (χ4n) is 3.33. The number of amides is 2. The number of nitrogens with one attached hydrogen (secondary N) is 1. The van der Waals surface area contributed by atoms with Gasteiger partial charge in [0.2, 0.25) is 5.91 Å². The first-order valence-corrected chi connectivity index (χ1v) is 9.10. The number of hydrogen-bond donors (Lipinski definition) is 2. The van der Waals surface area contributed by atoms with Gasteiger partial charge < -0.3 is 20.1 Å². The molecule has 0 aromatic heterocycles. The summed E-state index contributed by atoms with van der Waals surface area (Å²) in [6, 6.07) is 5.65. The van der Waals surface area contributed by atoms with Crippen molar-refractivity contribution in [3.8, 4) is 0 Å². The third kappa shape index (κ3) is 5.21. The summed E-state index contributed by atoms with van der Waals surface area (Å²) in [5.74, 6) is 0.00445. The van der Waals surface area contributed by atoms with Crippen LogP contribution in [0.3, 0.4) is 0 Å². The van der Waals surface area contributed by atoms with E-state index in [0.717, 1.165) is 16.7 Å². The zero-order valence-electron chi connectivity index (χ0n) is 16.3. The van der Waals surface area contributed by atoms with E-state index < -0.39 is 17.8 Å². The fourth-order valence-corrected chi connectivity index (χ4v) is 3.33. The molecular formula is C20H30N2O4. The number of aryl methyl sites for hydroxylation is 2. The molecule has 0 spiro atoms. The van der Waals surface area contributed by atoms with Crippen LogP contribution < -0.4 is 5.32 Å². The van der Waals surface area contributed by atoms with E-state index in [-0.39, 0.29) is 18.5 Å². The van der Waals surface area contributed by atoms with Crippen molar-refractivity contribution in [2.75, 3.05) is 13.1 Å². The number of ether oxygens (including phenoxy) is 1. The first kappa shape index (κ1) is 20.2. The summed E-state index contributed by atoms with van der Waals surface area (Å²) in [5, 5.41) is 13.5. The van der Waals surface area contributed by atoms with Gasteiger partial charge >= 0.3 is 6.09 Å².